The van der Waals surface area contributed by atoms with Crippen LogP contribution in [-0.2, 0) is 32.7 Å². The molecule has 11 heteroatoms. The number of rotatable bonds is 37. The summed E-state index contributed by atoms with van der Waals surface area (Å²) in [5.41, 5.74) is 0. The highest BCUT2D eigenvalue weighted by atomic mass is 31.2. The lowest BCUT2D eigenvalue weighted by molar-refractivity contribution is -0.870. The smallest absolute Gasteiger partial charge is 0.462 e. The van der Waals surface area contributed by atoms with E-state index in [1.165, 1.54) is 0 Å². The Balaban J connectivity index is 4.59. The minimum atomic E-state index is -4.42. The molecule has 10 nitrogen and oxygen atoms in total. The minimum Gasteiger partial charge on any atom is -0.462 e. The van der Waals surface area contributed by atoms with E-state index in [4.69, 9.17) is 18.5 Å². The molecule has 0 aromatic heterocycles. The molecule has 59 heavy (non-hydrogen) atoms. The third kappa shape index (κ3) is 42.6. The largest absolute Gasteiger partial charge is 0.472 e. The van der Waals surface area contributed by atoms with Crippen LogP contribution in [0.2, 0.25) is 0 Å². The van der Waals surface area contributed by atoms with Crippen LogP contribution in [0.3, 0.4) is 0 Å². The molecule has 0 fully saturated rings. The van der Waals surface area contributed by atoms with Crippen LogP contribution in [0.15, 0.2) is 109 Å². The van der Waals surface area contributed by atoms with Gasteiger partial charge in [0.2, 0.25) is 0 Å². The predicted molar refractivity (Wildman–Crippen MR) is 244 cm³/mol. The second-order valence-corrected chi connectivity index (χ2v) is 16.6. The van der Waals surface area contributed by atoms with E-state index in [2.05, 4.69) is 80.7 Å². The molecule has 0 bridgehead atoms. The van der Waals surface area contributed by atoms with Crippen molar-refractivity contribution in [3.8, 4) is 0 Å². The Labute approximate surface area is 358 Å². The summed E-state index contributed by atoms with van der Waals surface area (Å²) in [5, 5.41) is 9.88. The molecule has 0 saturated heterocycles. The van der Waals surface area contributed by atoms with E-state index in [1.54, 1.807) is 6.08 Å². The summed E-state index contributed by atoms with van der Waals surface area (Å²) in [6.07, 6.45) is 49.1. The van der Waals surface area contributed by atoms with Crippen molar-refractivity contribution in [2.24, 2.45) is 0 Å². The third-order valence-electron chi connectivity index (χ3n) is 8.39. The average Bonchev–Trinajstić information content (AvgIpc) is 3.18. The number of esters is 2. The van der Waals surface area contributed by atoms with Crippen LogP contribution in [0.5, 0.6) is 0 Å². The first-order chi connectivity index (χ1) is 28.4. The second kappa shape index (κ2) is 38.8. The van der Waals surface area contributed by atoms with Crippen LogP contribution in [0.25, 0.3) is 0 Å². The van der Waals surface area contributed by atoms with Crippen molar-refractivity contribution >= 4 is 19.8 Å². The van der Waals surface area contributed by atoms with Crippen molar-refractivity contribution in [1.82, 2.24) is 0 Å². The number of unbranched alkanes of at least 4 members (excludes halogenated alkanes) is 5. The number of allylic oxidation sites excluding steroid dienone is 16. The fourth-order valence-corrected chi connectivity index (χ4v) is 5.76. The zero-order valence-corrected chi connectivity index (χ0v) is 37.9. The number of likely N-dealkylation sites (N-methyl/N-ethyl adjacent to an activating group) is 1. The summed E-state index contributed by atoms with van der Waals surface area (Å²) < 4.78 is 34.1. The Hall–Kier alpha value is -3.37. The van der Waals surface area contributed by atoms with Gasteiger partial charge in [-0.1, -0.05) is 142 Å². The van der Waals surface area contributed by atoms with Crippen LogP contribution < -0.4 is 0 Å². The molecule has 0 heterocycles. The van der Waals surface area contributed by atoms with Crippen molar-refractivity contribution in [2.45, 2.75) is 135 Å². The number of hydrogen-bond donors (Lipinski definition) is 2. The van der Waals surface area contributed by atoms with Gasteiger partial charge in [0, 0.05) is 12.8 Å². The standard InChI is InChI=1S/C48H78NO9P/c1-6-8-10-11-12-13-14-15-16-17-18-19-20-21-22-25-29-32-36-40-48(52)58-46(44-57-59(53,54)56-42-41-49(3,4)5)43-55-47(51)39-35-31-28-26-23-24-27-30-34-38-45(50)37-33-9-7-2/h8-10,12-13,15-16,18-19,21-22,27,29-30,32-34,38,45-46,50H,6-7,11,14,17,20,23-26,28,31,35-37,39-44H2,1-5H3/p+1/b10-8-,13-12-,16-15-,19-18-,22-21-,30-27+,32-29-,33-9+,38-34+/t45?,46-/m1/s1. The second-order valence-electron chi connectivity index (χ2n) is 15.2. The van der Waals surface area contributed by atoms with Gasteiger partial charge in [-0.3, -0.25) is 18.6 Å². The van der Waals surface area contributed by atoms with E-state index in [0.29, 0.717) is 30.3 Å². The molecule has 334 valence electrons. The fourth-order valence-electron chi connectivity index (χ4n) is 5.01. The number of quaternary nitrogens is 1. The average molecular weight is 845 g/mol. The Kier molecular flexibility index (Phi) is 36.6. The maximum atomic E-state index is 12.7. The highest BCUT2D eigenvalue weighted by molar-refractivity contribution is 7.47. The van der Waals surface area contributed by atoms with Crippen molar-refractivity contribution in [3.63, 3.8) is 0 Å². The van der Waals surface area contributed by atoms with E-state index >= 15 is 0 Å². The summed E-state index contributed by atoms with van der Waals surface area (Å²) in [6.45, 7) is 3.93. The summed E-state index contributed by atoms with van der Waals surface area (Å²) >= 11 is 0. The number of phosphoric acid groups is 1. The van der Waals surface area contributed by atoms with Gasteiger partial charge in [0.25, 0.3) is 0 Å². The summed E-state index contributed by atoms with van der Waals surface area (Å²) in [6, 6.07) is 0. The molecule has 0 aromatic carbocycles. The van der Waals surface area contributed by atoms with Gasteiger partial charge in [-0.15, -0.1) is 0 Å². The first-order valence-electron chi connectivity index (χ1n) is 21.7. The SMILES string of the molecule is CC/C=C\C/C=C\C/C=C\C/C=C\C/C=C\C/C=C\CCC(=O)O[C@H](COC(=O)CCCCCCC/C=C/C=C/C(O)C/C=C/CC)COP(=O)(O)OCC[N+](C)(C)C. The van der Waals surface area contributed by atoms with Gasteiger partial charge >= 0.3 is 19.8 Å². The monoisotopic (exact) mass is 845 g/mol. The number of phosphoric ester groups is 1. The Morgan fingerprint density at radius 1 is 0.610 bits per heavy atom. The number of nitrogens with zero attached hydrogens (tertiary/aromatic N) is 1. The molecular weight excluding hydrogens is 766 g/mol. The molecule has 0 spiro atoms. The summed E-state index contributed by atoms with van der Waals surface area (Å²) in [4.78, 5) is 35.3. The van der Waals surface area contributed by atoms with E-state index in [-0.39, 0.29) is 26.1 Å². The Morgan fingerprint density at radius 2 is 1.15 bits per heavy atom. The summed E-state index contributed by atoms with van der Waals surface area (Å²) in [7, 11) is 1.37. The lowest BCUT2D eigenvalue weighted by Gasteiger charge is -2.24. The van der Waals surface area contributed by atoms with Crippen LogP contribution >= 0.6 is 7.82 Å². The minimum absolute atomic E-state index is 0.000838. The van der Waals surface area contributed by atoms with Crippen molar-refractivity contribution in [2.75, 3.05) is 47.5 Å². The lowest BCUT2D eigenvalue weighted by Crippen LogP contribution is -2.37. The molecule has 3 atom stereocenters. The van der Waals surface area contributed by atoms with Crippen molar-refractivity contribution < 1.29 is 47.2 Å². The molecule has 0 radical (unpaired) electrons. The van der Waals surface area contributed by atoms with E-state index < -0.39 is 38.6 Å². The van der Waals surface area contributed by atoms with Gasteiger partial charge in [0.1, 0.15) is 19.8 Å². The maximum absolute atomic E-state index is 12.7. The highest BCUT2D eigenvalue weighted by Gasteiger charge is 2.27. The number of hydrogen-bond acceptors (Lipinski definition) is 8. The summed E-state index contributed by atoms with van der Waals surface area (Å²) in [5.74, 6) is -0.964. The van der Waals surface area contributed by atoms with Gasteiger partial charge in [-0.2, -0.15) is 0 Å². The van der Waals surface area contributed by atoms with Gasteiger partial charge in [-0.25, -0.2) is 4.57 Å². The zero-order valence-electron chi connectivity index (χ0n) is 37.0. The molecular formula is C48H79NO9P+. The van der Waals surface area contributed by atoms with Crippen LogP contribution in [-0.4, -0.2) is 86.1 Å². The van der Waals surface area contributed by atoms with Gasteiger partial charge < -0.3 is 24.0 Å². The van der Waals surface area contributed by atoms with E-state index in [1.807, 2.05) is 57.6 Å². The molecule has 2 unspecified atom stereocenters. The Morgan fingerprint density at radius 3 is 1.75 bits per heavy atom. The molecule has 0 aliphatic rings. The topological polar surface area (TPSA) is 129 Å². The zero-order chi connectivity index (χ0) is 43.7. The third-order valence-corrected chi connectivity index (χ3v) is 9.38. The lowest BCUT2D eigenvalue weighted by atomic mass is 10.1. The normalized spacial score (nSPS) is 15.2. The first-order valence-corrected chi connectivity index (χ1v) is 23.2. The number of carbonyl (C=O) groups is 2. The Bertz CT molecular complexity index is 1380. The van der Waals surface area contributed by atoms with E-state index in [9.17, 15) is 24.2 Å². The molecule has 0 saturated carbocycles. The molecule has 0 amide bonds. The molecule has 2 N–H and O–H groups in total. The quantitative estimate of drug-likeness (QED) is 0.0157. The van der Waals surface area contributed by atoms with Crippen LogP contribution in [0.4, 0.5) is 0 Å². The number of aliphatic hydroxyl groups is 1. The van der Waals surface area contributed by atoms with Gasteiger partial charge in [-0.05, 0) is 77.0 Å². The predicted octanol–water partition coefficient (Wildman–Crippen LogP) is 11.3. The molecule has 0 aromatic rings. The maximum Gasteiger partial charge on any atom is 0.472 e. The number of aliphatic hydroxyl groups excluding tert-OH is 1. The highest BCUT2D eigenvalue weighted by Crippen LogP contribution is 2.43. The van der Waals surface area contributed by atoms with Crippen LogP contribution in [0, 0.1) is 0 Å². The number of ether oxygens (including phenoxy) is 2. The van der Waals surface area contributed by atoms with Gasteiger partial charge in [0.15, 0.2) is 6.10 Å². The molecule has 0 rings (SSSR count). The van der Waals surface area contributed by atoms with E-state index in [0.717, 1.165) is 77.0 Å². The van der Waals surface area contributed by atoms with Crippen molar-refractivity contribution in [1.29, 1.82) is 0 Å². The van der Waals surface area contributed by atoms with Crippen molar-refractivity contribution in [3.05, 3.63) is 109 Å². The number of carbonyl (C=O) groups excluding carboxylic acids is 2. The van der Waals surface area contributed by atoms with Gasteiger partial charge in [0.05, 0.1) is 33.9 Å². The molecule has 0 aliphatic carbocycles. The van der Waals surface area contributed by atoms with Crippen LogP contribution in [0.1, 0.15) is 123 Å². The first kappa shape index (κ1) is 55.6. The molecule has 0 aliphatic heterocycles. The fraction of sp³-hybridized carbons (Fsp3) is 0.583.